The number of hydrogen-bond acceptors (Lipinski definition) is 4. The van der Waals surface area contributed by atoms with E-state index in [1.165, 1.54) is 0 Å². The second-order valence-corrected chi connectivity index (χ2v) is 5.80. The van der Waals surface area contributed by atoms with Gasteiger partial charge in [-0.05, 0) is 19.1 Å². The van der Waals surface area contributed by atoms with Gasteiger partial charge in [0.2, 0.25) is 0 Å². The minimum Gasteiger partial charge on any atom is -0.349 e. The van der Waals surface area contributed by atoms with Crippen molar-refractivity contribution in [3.05, 3.63) is 29.8 Å². The fourth-order valence-electron chi connectivity index (χ4n) is 1.52. The third kappa shape index (κ3) is 2.61. The van der Waals surface area contributed by atoms with E-state index in [9.17, 15) is 8.42 Å². The number of ether oxygens (including phenoxy) is 2. The summed E-state index contributed by atoms with van der Waals surface area (Å²) < 4.78 is 34.1. The molecule has 88 valence electrons. The van der Waals surface area contributed by atoms with Crippen LogP contribution in [0, 0.1) is 6.92 Å². The molecule has 0 atom stereocenters. The minimum absolute atomic E-state index is 0.115. The van der Waals surface area contributed by atoms with Gasteiger partial charge in [-0.1, -0.05) is 17.7 Å². The van der Waals surface area contributed by atoms with Crippen molar-refractivity contribution in [3.63, 3.8) is 0 Å². The largest absolute Gasteiger partial charge is 0.349 e. The number of hydrogen-bond donors (Lipinski definition) is 0. The summed E-state index contributed by atoms with van der Waals surface area (Å²) in [6.07, 6.45) is -0.619. The SMILES string of the molecule is Cc1ccc(S(=O)(=O)CC2OCCO2)cc1. The van der Waals surface area contributed by atoms with Gasteiger partial charge in [-0.2, -0.15) is 0 Å². The predicted molar refractivity (Wildman–Crippen MR) is 58.9 cm³/mol. The lowest BCUT2D eigenvalue weighted by atomic mass is 10.2. The molecule has 16 heavy (non-hydrogen) atoms. The van der Waals surface area contributed by atoms with Crippen LogP contribution in [-0.2, 0) is 19.3 Å². The van der Waals surface area contributed by atoms with E-state index in [4.69, 9.17) is 9.47 Å². The van der Waals surface area contributed by atoms with Crippen LogP contribution in [0.2, 0.25) is 0 Å². The average Bonchev–Trinajstić information content (AvgIpc) is 2.70. The standard InChI is InChI=1S/C11H14O4S/c1-9-2-4-10(5-3-9)16(12,13)8-11-14-6-7-15-11/h2-5,11H,6-8H2,1H3. The zero-order valence-electron chi connectivity index (χ0n) is 9.05. The highest BCUT2D eigenvalue weighted by Gasteiger charge is 2.25. The third-order valence-electron chi connectivity index (χ3n) is 2.43. The maximum Gasteiger partial charge on any atom is 0.183 e. The minimum atomic E-state index is -3.31. The van der Waals surface area contributed by atoms with Crippen LogP contribution in [0.3, 0.4) is 0 Å². The molecule has 1 saturated heterocycles. The molecule has 0 aliphatic carbocycles. The second-order valence-electron chi connectivity index (χ2n) is 3.77. The van der Waals surface area contributed by atoms with Gasteiger partial charge in [0.1, 0.15) is 5.75 Å². The maximum absolute atomic E-state index is 11.9. The Labute approximate surface area is 95.1 Å². The van der Waals surface area contributed by atoms with Crippen molar-refractivity contribution in [1.29, 1.82) is 0 Å². The fourth-order valence-corrected chi connectivity index (χ4v) is 2.82. The summed E-state index contributed by atoms with van der Waals surface area (Å²) in [5, 5.41) is 0. The van der Waals surface area contributed by atoms with Crippen molar-refractivity contribution < 1.29 is 17.9 Å². The van der Waals surface area contributed by atoms with Crippen LogP contribution in [0.4, 0.5) is 0 Å². The molecule has 1 heterocycles. The van der Waals surface area contributed by atoms with Crippen LogP contribution in [0.5, 0.6) is 0 Å². The van der Waals surface area contributed by atoms with Gasteiger partial charge in [-0.25, -0.2) is 8.42 Å². The van der Waals surface area contributed by atoms with Gasteiger partial charge >= 0.3 is 0 Å². The van der Waals surface area contributed by atoms with Crippen LogP contribution < -0.4 is 0 Å². The lowest BCUT2D eigenvalue weighted by Crippen LogP contribution is -2.21. The van der Waals surface area contributed by atoms with Crippen molar-refractivity contribution in [3.8, 4) is 0 Å². The highest BCUT2D eigenvalue weighted by atomic mass is 32.2. The molecule has 0 bridgehead atoms. The van der Waals surface area contributed by atoms with Crippen molar-refractivity contribution in [2.24, 2.45) is 0 Å². The maximum atomic E-state index is 11.9. The zero-order chi connectivity index (χ0) is 11.6. The van der Waals surface area contributed by atoms with E-state index in [0.717, 1.165) is 5.56 Å². The topological polar surface area (TPSA) is 52.6 Å². The first-order chi connectivity index (χ1) is 7.58. The predicted octanol–water partition coefficient (Wildman–Crippen LogP) is 1.14. The lowest BCUT2D eigenvalue weighted by molar-refractivity contribution is -0.0226. The lowest BCUT2D eigenvalue weighted by Gasteiger charge is -2.09. The van der Waals surface area contributed by atoms with E-state index in [0.29, 0.717) is 18.1 Å². The second kappa shape index (κ2) is 4.53. The molecule has 4 nitrogen and oxygen atoms in total. The summed E-state index contributed by atoms with van der Waals surface area (Å²) >= 11 is 0. The Kier molecular flexibility index (Phi) is 3.28. The Hall–Kier alpha value is -0.910. The Morgan fingerprint density at radius 2 is 1.75 bits per heavy atom. The van der Waals surface area contributed by atoms with E-state index in [1.807, 2.05) is 6.92 Å². The van der Waals surface area contributed by atoms with E-state index in [2.05, 4.69) is 0 Å². The highest BCUT2D eigenvalue weighted by molar-refractivity contribution is 7.91. The molecule has 0 spiro atoms. The molecular formula is C11H14O4S. The Morgan fingerprint density at radius 1 is 1.19 bits per heavy atom. The number of aryl methyl sites for hydroxylation is 1. The molecule has 1 fully saturated rings. The number of sulfone groups is 1. The van der Waals surface area contributed by atoms with Crippen LogP contribution in [0.15, 0.2) is 29.2 Å². The van der Waals surface area contributed by atoms with Gasteiger partial charge < -0.3 is 9.47 Å². The van der Waals surface area contributed by atoms with Crippen molar-refractivity contribution in [2.75, 3.05) is 19.0 Å². The van der Waals surface area contributed by atoms with Crippen LogP contribution in [0.25, 0.3) is 0 Å². The average molecular weight is 242 g/mol. The van der Waals surface area contributed by atoms with Crippen molar-refractivity contribution in [2.45, 2.75) is 18.1 Å². The summed E-state index contributed by atoms with van der Waals surface area (Å²) in [5.41, 5.74) is 1.03. The van der Waals surface area contributed by atoms with Crippen LogP contribution >= 0.6 is 0 Å². The summed E-state index contributed by atoms with van der Waals surface area (Å²) in [4.78, 5) is 0.317. The molecule has 0 N–H and O–H groups in total. The Balaban J connectivity index is 2.14. The van der Waals surface area contributed by atoms with E-state index >= 15 is 0 Å². The summed E-state index contributed by atoms with van der Waals surface area (Å²) in [6, 6.07) is 6.78. The molecule has 1 aliphatic heterocycles. The Bertz CT molecular complexity index is 443. The quantitative estimate of drug-likeness (QED) is 0.797. The molecular weight excluding hydrogens is 228 g/mol. The Morgan fingerprint density at radius 3 is 2.31 bits per heavy atom. The molecule has 2 rings (SSSR count). The van der Waals surface area contributed by atoms with Gasteiger partial charge in [-0.15, -0.1) is 0 Å². The van der Waals surface area contributed by atoms with Gasteiger partial charge in [0.15, 0.2) is 16.1 Å². The normalized spacial score (nSPS) is 17.8. The van der Waals surface area contributed by atoms with Gasteiger partial charge in [0, 0.05) is 0 Å². The summed E-state index contributed by atoms with van der Waals surface area (Å²) in [6.45, 7) is 2.85. The number of rotatable bonds is 3. The summed E-state index contributed by atoms with van der Waals surface area (Å²) in [5.74, 6) is -0.115. The van der Waals surface area contributed by atoms with Gasteiger partial charge in [0.25, 0.3) is 0 Å². The van der Waals surface area contributed by atoms with Crippen molar-refractivity contribution in [1.82, 2.24) is 0 Å². The first kappa shape index (κ1) is 11.6. The molecule has 1 aromatic carbocycles. The monoisotopic (exact) mass is 242 g/mol. The van der Waals surface area contributed by atoms with Crippen LogP contribution in [0.1, 0.15) is 5.56 Å². The van der Waals surface area contributed by atoms with E-state index < -0.39 is 16.1 Å². The van der Waals surface area contributed by atoms with Gasteiger partial charge in [-0.3, -0.25) is 0 Å². The first-order valence-electron chi connectivity index (χ1n) is 5.10. The van der Waals surface area contributed by atoms with Crippen LogP contribution in [-0.4, -0.2) is 33.7 Å². The van der Waals surface area contributed by atoms with E-state index in [1.54, 1.807) is 24.3 Å². The smallest absolute Gasteiger partial charge is 0.183 e. The zero-order valence-corrected chi connectivity index (χ0v) is 9.87. The molecule has 0 radical (unpaired) electrons. The van der Waals surface area contributed by atoms with Crippen molar-refractivity contribution >= 4 is 9.84 Å². The van der Waals surface area contributed by atoms with Gasteiger partial charge in [0.05, 0.1) is 18.1 Å². The molecule has 0 unspecified atom stereocenters. The molecule has 0 aromatic heterocycles. The molecule has 0 saturated carbocycles. The molecule has 0 amide bonds. The first-order valence-corrected chi connectivity index (χ1v) is 6.76. The third-order valence-corrected chi connectivity index (χ3v) is 4.13. The molecule has 1 aliphatic rings. The molecule has 1 aromatic rings. The fraction of sp³-hybridized carbons (Fsp3) is 0.455. The van der Waals surface area contributed by atoms with E-state index in [-0.39, 0.29) is 5.75 Å². The highest BCUT2D eigenvalue weighted by Crippen LogP contribution is 2.16. The summed E-state index contributed by atoms with van der Waals surface area (Å²) in [7, 11) is -3.31. The molecule has 5 heteroatoms. The number of benzene rings is 1.